The molecule has 0 aromatic heterocycles. The van der Waals surface area contributed by atoms with Crippen molar-refractivity contribution < 1.29 is 14.6 Å². The number of halogens is 1. The molecule has 0 aliphatic carbocycles. The van der Waals surface area contributed by atoms with Crippen LogP contribution < -0.4 is 4.74 Å². The molecule has 3 rings (SSSR count). The Kier molecular flexibility index (Phi) is 2.91. The summed E-state index contributed by atoms with van der Waals surface area (Å²) in [6, 6.07) is 11.8. The Morgan fingerprint density at radius 1 is 1.16 bits per heavy atom. The molecule has 1 heterocycles. The van der Waals surface area contributed by atoms with Crippen LogP contribution >= 0.6 is 11.6 Å². The third-order valence-corrected chi connectivity index (χ3v) is 3.40. The number of benzene rings is 2. The number of Topliss-reactive ketones (excluding diaryl/α,β-unsaturated/α-hetero) is 1. The van der Waals surface area contributed by atoms with E-state index < -0.39 is 0 Å². The highest BCUT2D eigenvalue weighted by molar-refractivity contribution is 6.30. The Bertz CT molecular complexity index is 634. The Morgan fingerprint density at radius 3 is 2.63 bits per heavy atom. The van der Waals surface area contributed by atoms with Crippen LogP contribution in [0.2, 0.25) is 5.02 Å². The zero-order chi connectivity index (χ0) is 13.4. The normalized spacial score (nSPS) is 17.7. The smallest absolute Gasteiger partial charge is 0.170 e. The van der Waals surface area contributed by atoms with Crippen molar-refractivity contribution in [2.75, 3.05) is 0 Å². The maximum atomic E-state index is 12.1. The summed E-state index contributed by atoms with van der Waals surface area (Å²) in [7, 11) is 0. The van der Waals surface area contributed by atoms with Crippen LogP contribution in [0.25, 0.3) is 0 Å². The molecule has 96 valence electrons. The molecule has 0 spiro atoms. The topological polar surface area (TPSA) is 46.5 Å². The summed E-state index contributed by atoms with van der Waals surface area (Å²) < 4.78 is 5.81. The van der Waals surface area contributed by atoms with Crippen molar-refractivity contribution in [3.8, 4) is 11.5 Å². The first-order valence-corrected chi connectivity index (χ1v) is 6.29. The first kappa shape index (κ1) is 12.1. The fourth-order valence-electron chi connectivity index (χ4n) is 2.18. The van der Waals surface area contributed by atoms with E-state index in [0.717, 1.165) is 5.56 Å². The predicted molar refractivity (Wildman–Crippen MR) is 71.9 cm³/mol. The van der Waals surface area contributed by atoms with Crippen LogP contribution in [0.5, 0.6) is 11.5 Å². The van der Waals surface area contributed by atoms with Gasteiger partial charge in [-0.25, -0.2) is 0 Å². The highest BCUT2D eigenvalue weighted by Crippen LogP contribution is 2.36. The molecule has 1 aliphatic heterocycles. The molecular weight excluding hydrogens is 264 g/mol. The van der Waals surface area contributed by atoms with E-state index in [2.05, 4.69) is 0 Å². The van der Waals surface area contributed by atoms with Gasteiger partial charge in [0, 0.05) is 5.02 Å². The minimum atomic E-state index is -0.304. The van der Waals surface area contributed by atoms with E-state index >= 15 is 0 Å². The number of ketones is 1. The Labute approximate surface area is 115 Å². The molecule has 2 aromatic rings. The first-order valence-electron chi connectivity index (χ1n) is 5.92. The van der Waals surface area contributed by atoms with Crippen LogP contribution in [0.15, 0.2) is 42.5 Å². The number of phenolic OH excluding ortho intramolecular Hbond substituents is 1. The molecule has 1 aliphatic rings. The van der Waals surface area contributed by atoms with Crippen molar-refractivity contribution >= 4 is 17.4 Å². The standard InChI is InChI=1S/C15H11ClO3/c16-10-3-1-9(2-4-10)15-8-13(18)12-7-11(17)5-6-14(12)19-15/h1-7,15,17H,8H2. The molecule has 0 radical (unpaired) electrons. The third-order valence-electron chi connectivity index (χ3n) is 3.15. The van der Waals surface area contributed by atoms with Gasteiger partial charge in [-0.15, -0.1) is 0 Å². The van der Waals surface area contributed by atoms with Gasteiger partial charge in [0.25, 0.3) is 0 Å². The summed E-state index contributed by atoms with van der Waals surface area (Å²) in [5.41, 5.74) is 1.35. The number of carbonyl (C=O) groups is 1. The largest absolute Gasteiger partial charge is 0.508 e. The van der Waals surface area contributed by atoms with Crippen molar-refractivity contribution in [3.05, 3.63) is 58.6 Å². The van der Waals surface area contributed by atoms with Crippen LogP contribution in [0.4, 0.5) is 0 Å². The maximum Gasteiger partial charge on any atom is 0.170 e. The molecule has 19 heavy (non-hydrogen) atoms. The summed E-state index contributed by atoms with van der Waals surface area (Å²) in [6.45, 7) is 0. The summed E-state index contributed by atoms with van der Waals surface area (Å²) >= 11 is 5.84. The lowest BCUT2D eigenvalue weighted by atomic mass is 9.96. The lowest BCUT2D eigenvalue weighted by molar-refractivity contribution is 0.0849. The average Bonchev–Trinajstić information content (AvgIpc) is 2.40. The molecule has 3 nitrogen and oxygen atoms in total. The molecular formula is C15H11ClO3. The highest BCUT2D eigenvalue weighted by atomic mass is 35.5. The van der Waals surface area contributed by atoms with Gasteiger partial charge in [-0.1, -0.05) is 23.7 Å². The SMILES string of the molecule is O=C1CC(c2ccc(Cl)cc2)Oc2ccc(O)cc21. The minimum Gasteiger partial charge on any atom is -0.508 e. The van der Waals surface area contributed by atoms with Crippen LogP contribution in [0.3, 0.4) is 0 Å². The number of fused-ring (bicyclic) bond motifs is 1. The molecule has 0 bridgehead atoms. The van der Waals surface area contributed by atoms with Crippen molar-refractivity contribution in [2.45, 2.75) is 12.5 Å². The Balaban J connectivity index is 1.95. The van der Waals surface area contributed by atoms with Crippen LogP contribution in [-0.2, 0) is 0 Å². The van der Waals surface area contributed by atoms with E-state index in [1.807, 2.05) is 12.1 Å². The van der Waals surface area contributed by atoms with E-state index in [1.54, 1.807) is 18.2 Å². The molecule has 1 unspecified atom stereocenters. The molecule has 0 amide bonds. The molecule has 4 heteroatoms. The second kappa shape index (κ2) is 4.59. The summed E-state index contributed by atoms with van der Waals surface area (Å²) in [5.74, 6) is 0.548. The van der Waals surface area contributed by atoms with Crippen molar-refractivity contribution in [1.82, 2.24) is 0 Å². The zero-order valence-corrected chi connectivity index (χ0v) is 10.7. The highest BCUT2D eigenvalue weighted by Gasteiger charge is 2.27. The average molecular weight is 275 g/mol. The van der Waals surface area contributed by atoms with E-state index in [-0.39, 0.29) is 24.1 Å². The van der Waals surface area contributed by atoms with Crippen molar-refractivity contribution in [3.63, 3.8) is 0 Å². The molecule has 2 aromatic carbocycles. The Hall–Kier alpha value is -2.00. The zero-order valence-electron chi connectivity index (χ0n) is 9.97. The van der Waals surface area contributed by atoms with Gasteiger partial charge in [0.2, 0.25) is 0 Å². The van der Waals surface area contributed by atoms with Gasteiger partial charge in [0.15, 0.2) is 5.78 Å². The second-order valence-corrected chi connectivity index (χ2v) is 4.90. The van der Waals surface area contributed by atoms with Crippen LogP contribution in [0.1, 0.15) is 28.4 Å². The number of ether oxygens (including phenoxy) is 1. The maximum absolute atomic E-state index is 12.1. The Morgan fingerprint density at radius 2 is 1.89 bits per heavy atom. The summed E-state index contributed by atoms with van der Waals surface area (Å²) in [5, 5.41) is 10.0. The fourth-order valence-corrected chi connectivity index (χ4v) is 2.30. The number of rotatable bonds is 1. The quantitative estimate of drug-likeness (QED) is 0.861. The van der Waals surface area contributed by atoms with Crippen molar-refractivity contribution in [1.29, 1.82) is 0 Å². The number of hydrogen-bond donors (Lipinski definition) is 1. The van der Waals surface area contributed by atoms with Gasteiger partial charge >= 0.3 is 0 Å². The second-order valence-electron chi connectivity index (χ2n) is 4.47. The van der Waals surface area contributed by atoms with Gasteiger partial charge in [-0.2, -0.15) is 0 Å². The van der Waals surface area contributed by atoms with Crippen molar-refractivity contribution in [2.24, 2.45) is 0 Å². The van der Waals surface area contributed by atoms with Crippen LogP contribution in [0, 0.1) is 0 Å². The number of phenols is 1. The van der Waals surface area contributed by atoms with E-state index in [0.29, 0.717) is 16.3 Å². The third kappa shape index (κ3) is 2.29. The predicted octanol–water partition coefficient (Wildman–Crippen LogP) is 3.75. The van der Waals surface area contributed by atoms with Gasteiger partial charge < -0.3 is 9.84 Å². The van der Waals surface area contributed by atoms with Gasteiger partial charge in [0.1, 0.15) is 17.6 Å². The molecule has 0 saturated carbocycles. The van der Waals surface area contributed by atoms with E-state index in [1.165, 1.54) is 12.1 Å². The lowest BCUT2D eigenvalue weighted by Crippen LogP contribution is -2.20. The van der Waals surface area contributed by atoms with Gasteiger partial charge in [-0.3, -0.25) is 4.79 Å². The monoisotopic (exact) mass is 274 g/mol. The number of aromatic hydroxyl groups is 1. The lowest BCUT2D eigenvalue weighted by Gasteiger charge is -2.25. The molecule has 1 atom stereocenters. The summed E-state index contributed by atoms with van der Waals surface area (Å²) in [6.07, 6.45) is -0.0419. The van der Waals surface area contributed by atoms with Gasteiger partial charge in [-0.05, 0) is 35.9 Å². The minimum absolute atomic E-state index is 0.0305. The first-order chi connectivity index (χ1) is 9.13. The molecule has 0 saturated heterocycles. The number of carbonyl (C=O) groups excluding carboxylic acids is 1. The number of hydrogen-bond acceptors (Lipinski definition) is 3. The summed E-state index contributed by atoms with van der Waals surface area (Å²) in [4.78, 5) is 12.1. The molecule has 1 N–H and O–H groups in total. The van der Waals surface area contributed by atoms with Gasteiger partial charge in [0.05, 0.1) is 12.0 Å². The fraction of sp³-hybridized carbons (Fsp3) is 0.133. The van der Waals surface area contributed by atoms with Crippen LogP contribution in [-0.4, -0.2) is 10.9 Å². The van der Waals surface area contributed by atoms with E-state index in [9.17, 15) is 9.90 Å². The van der Waals surface area contributed by atoms with E-state index in [4.69, 9.17) is 16.3 Å². The molecule has 0 fully saturated rings.